The van der Waals surface area contributed by atoms with Gasteiger partial charge in [-0.1, -0.05) is 6.07 Å². The highest BCUT2D eigenvalue weighted by Gasteiger charge is 2.16. The molecule has 0 spiro atoms. The summed E-state index contributed by atoms with van der Waals surface area (Å²) in [6.07, 6.45) is 4.54. The first-order chi connectivity index (χ1) is 10.9. The second-order valence-electron chi connectivity index (χ2n) is 5.25. The van der Waals surface area contributed by atoms with E-state index in [-0.39, 0.29) is 4.90 Å². The van der Waals surface area contributed by atoms with Gasteiger partial charge in [0.2, 0.25) is 0 Å². The highest BCUT2D eigenvalue weighted by Crippen LogP contribution is 2.25. The average molecular weight is 331 g/mol. The summed E-state index contributed by atoms with van der Waals surface area (Å²) in [4.78, 5) is 0.258. The summed E-state index contributed by atoms with van der Waals surface area (Å²) in [5.41, 5.74) is 8.18. The number of allylic oxidation sites excluding steroid dienone is 1. The minimum absolute atomic E-state index is 0.258. The number of rotatable bonds is 4. The van der Waals surface area contributed by atoms with E-state index in [2.05, 4.69) is 10.6 Å². The smallest absolute Gasteiger partial charge is 0.175 e. The summed E-state index contributed by atoms with van der Waals surface area (Å²) in [7, 11) is -3.26. The molecule has 4 N–H and O–H groups in total. The topological polar surface area (TPSA) is 97.4 Å². The number of sulfone groups is 1. The van der Waals surface area contributed by atoms with Gasteiger partial charge in [-0.2, -0.15) is 0 Å². The molecule has 23 heavy (non-hydrogen) atoms. The average Bonchev–Trinajstić information content (AvgIpc) is 3.01. The Labute approximate surface area is 134 Å². The van der Waals surface area contributed by atoms with E-state index < -0.39 is 9.84 Å². The van der Waals surface area contributed by atoms with Crippen molar-refractivity contribution in [1.29, 1.82) is 0 Å². The van der Waals surface area contributed by atoms with Crippen molar-refractivity contribution in [3.05, 3.63) is 66.0 Å². The molecular formula is C16H17N3O3S. The Balaban J connectivity index is 1.99. The highest BCUT2D eigenvalue weighted by atomic mass is 32.2. The molecule has 7 heteroatoms. The second-order valence-corrected chi connectivity index (χ2v) is 7.26. The maximum absolute atomic E-state index is 11.7. The molecule has 0 amide bonds. The van der Waals surface area contributed by atoms with E-state index in [1.54, 1.807) is 36.6 Å². The summed E-state index contributed by atoms with van der Waals surface area (Å²) >= 11 is 0. The van der Waals surface area contributed by atoms with Crippen LogP contribution in [-0.4, -0.2) is 21.2 Å². The lowest BCUT2D eigenvalue weighted by atomic mass is 10.1. The molecule has 0 radical (unpaired) electrons. The van der Waals surface area contributed by atoms with Gasteiger partial charge >= 0.3 is 0 Å². The van der Waals surface area contributed by atoms with Crippen LogP contribution in [0.5, 0.6) is 0 Å². The van der Waals surface area contributed by atoms with E-state index in [1.165, 1.54) is 6.26 Å². The van der Waals surface area contributed by atoms with Crippen LogP contribution in [0.15, 0.2) is 69.6 Å². The lowest BCUT2D eigenvalue weighted by Gasteiger charge is -2.20. The Morgan fingerprint density at radius 2 is 2.09 bits per heavy atom. The van der Waals surface area contributed by atoms with Crippen LogP contribution in [0.1, 0.15) is 5.76 Å². The van der Waals surface area contributed by atoms with Gasteiger partial charge in [0.05, 0.1) is 22.7 Å². The van der Waals surface area contributed by atoms with Crippen molar-refractivity contribution in [3.8, 4) is 0 Å². The molecule has 120 valence electrons. The number of furan rings is 1. The molecule has 1 aliphatic heterocycles. The molecule has 0 saturated heterocycles. The molecule has 0 fully saturated rings. The van der Waals surface area contributed by atoms with Crippen molar-refractivity contribution in [2.45, 2.75) is 4.90 Å². The van der Waals surface area contributed by atoms with Gasteiger partial charge in [0.25, 0.3) is 0 Å². The lowest BCUT2D eigenvalue weighted by molar-refractivity contribution is 0.549. The third-order valence-electron chi connectivity index (χ3n) is 3.45. The van der Waals surface area contributed by atoms with Crippen molar-refractivity contribution >= 4 is 21.1 Å². The van der Waals surface area contributed by atoms with Gasteiger partial charge in [-0.25, -0.2) is 8.42 Å². The van der Waals surface area contributed by atoms with Crippen molar-refractivity contribution < 1.29 is 12.8 Å². The van der Waals surface area contributed by atoms with Crippen LogP contribution in [0.4, 0.5) is 5.69 Å². The number of nitrogens with one attached hydrogen (secondary N) is 2. The molecular weight excluding hydrogens is 314 g/mol. The van der Waals surface area contributed by atoms with Gasteiger partial charge < -0.3 is 20.8 Å². The number of nitrogens with two attached hydrogens (primary N) is 1. The summed E-state index contributed by atoms with van der Waals surface area (Å²) in [6, 6.07) is 10.3. The number of anilines is 1. The zero-order valence-corrected chi connectivity index (χ0v) is 13.4. The standard InChI is InChI=1S/C16H17N3O3S/c1-23(20,21)12-5-2-4-11(8-12)19-14-9-16(17)18-10-13(14)15-6-3-7-22-15/h2-9,18-19H,10,17H2,1H3. The van der Waals surface area contributed by atoms with E-state index in [0.717, 1.165) is 17.0 Å². The molecule has 0 saturated carbocycles. The first kappa shape index (κ1) is 15.2. The third-order valence-corrected chi connectivity index (χ3v) is 4.56. The van der Waals surface area contributed by atoms with Crippen LogP contribution in [-0.2, 0) is 9.84 Å². The van der Waals surface area contributed by atoms with E-state index in [4.69, 9.17) is 10.2 Å². The zero-order chi connectivity index (χ0) is 16.4. The molecule has 1 aliphatic rings. The van der Waals surface area contributed by atoms with Gasteiger partial charge in [-0.05, 0) is 30.3 Å². The first-order valence-electron chi connectivity index (χ1n) is 6.99. The van der Waals surface area contributed by atoms with Crippen molar-refractivity contribution in [2.75, 3.05) is 18.1 Å². The van der Waals surface area contributed by atoms with Crippen LogP contribution in [0.25, 0.3) is 5.57 Å². The minimum Gasteiger partial charge on any atom is -0.465 e. The third kappa shape index (κ3) is 3.40. The predicted molar refractivity (Wildman–Crippen MR) is 89.1 cm³/mol. The molecule has 6 nitrogen and oxygen atoms in total. The van der Waals surface area contributed by atoms with Gasteiger partial charge in [0.15, 0.2) is 9.84 Å². The number of dihydropyridines is 1. The maximum Gasteiger partial charge on any atom is 0.175 e. The number of benzene rings is 1. The van der Waals surface area contributed by atoms with Gasteiger partial charge in [-0.15, -0.1) is 0 Å². The Kier molecular flexibility index (Phi) is 3.87. The van der Waals surface area contributed by atoms with Crippen molar-refractivity contribution in [2.24, 2.45) is 5.73 Å². The van der Waals surface area contributed by atoms with Crippen LogP contribution in [0.3, 0.4) is 0 Å². The Morgan fingerprint density at radius 1 is 1.26 bits per heavy atom. The molecule has 0 aliphatic carbocycles. The summed E-state index contributed by atoms with van der Waals surface area (Å²) in [5.74, 6) is 1.25. The summed E-state index contributed by atoms with van der Waals surface area (Å²) < 4.78 is 28.8. The molecule has 0 atom stereocenters. The fourth-order valence-corrected chi connectivity index (χ4v) is 2.99. The van der Waals surface area contributed by atoms with Crippen LogP contribution >= 0.6 is 0 Å². The maximum atomic E-state index is 11.7. The molecule has 3 rings (SSSR count). The molecule has 1 aromatic carbocycles. The Hall–Kier alpha value is -2.67. The Morgan fingerprint density at radius 3 is 2.78 bits per heavy atom. The van der Waals surface area contributed by atoms with E-state index in [1.807, 2.05) is 12.1 Å². The lowest BCUT2D eigenvalue weighted by Crippen LogP contribution is -2.27. The molecule has 2 aromatic rings. The SMILES string of the molecule is CS(=O)(=O)c1cccc(NC2=C(c3ccco3)CNC(N)=C2)c1. The number of hydrogen-bond acceptors (Lipinski definition) is 6. The van der Waals surface area contributed by atoms with Gasteiger partial charge in [-0.3, -0.25) is 0 Å². The monoisotopic (exact) mass is 331 g/mol. The quantitative estimate of drug-likeness (QED) is 0.792. The zero-order valence-electron chi connectivity index (χ0n) is 12.5. The van der Waals surface area contributed by atoms with Crippen LogP contribution in [0.2, 0.25) is 0 Å². The largest absolute Gasteiger partial charge is 0.465 e. The van der Waals surface area contributed by atoms with Gasteiger partial charge in [0.1, 0.15) is 5.76 Å². The van der Waals surface area contributed by atoms with Crippen LogP contribution in [0, 0.1) is 0 Å². The molecule has 1 aromatic heterocycles. The Bertz CT molecular complexity index is 881. The fourth-order valence-electron chi connectivity index (χ4n) is 2.32. The first-order valence-corrected chi connectivity index (χ1v) is 8.88. The predicted octanol–water partition coefficient (Wildman–Crippen LogP) is 1.91. The fraction of sp³-hybridized carbons (Fsp3) is 0.125. The van der Waals surface area contributed by atoms with E-state index in [9.17, 15) is 8.42 Å². The molecule has 0 bridgehead atoms. The number of hydrogen-bond donors (Lipinski definition) is 3. The van der Waals surface area contributed by atoms with Crippen molar-refractivity contribution in [1.82, 2.24) is 5.32 Å². The van der Waals surface area contributed by atoms with Crippen molar-refractivity contribution in [3.63, 3.8) is 0 Å². The second kappa shape index (κ2) is 5.85. The summed E-state index contributed by atoms with van der Waals surface area (Å²) in [5, 5.41) is 6.28. The summed E-state index contributed by atoms with van der Waals surface area (Å²) in [6.45, 7) is 0.518. The normalized spacial score (nSPS) is 15.1. The highest BCUT2D eigenvalue weighted by molar-refractivity contribution is 7.90. The van der Waals surface area contributed by atoms with Gasteiger partial charge in [0, 0.05) is 30.1 Å². The van der Waals surface area contributed by atoms with Crippen LogP contribution < -0.4 is 16.4 Å². The molecule has 0 unspecified atom stereocenters. The molecule has 2 heterocycles. The van der Waals surface area contributed by atoms with E-state index >= 15 is 0 Å². The van der Waals surface area contributed by atoms with E-state index in [0.29, 0.717) is 18.1 Å². The minimum atomic E-state index is -3.26.